The van der Waals surface area contributed by atoms with Crippen molar-refractivity contribution in [1.29, 1.82) is 0 Å². The van der Waals surface area contributed by atoms with E-state index in [4.69, 9.17) is 5.73 Å². The van der Waals surface area contributed by atoms with Gasteiger partial charge in [-0.05, 0) is 32.2 Å². The summed E-state index contributed by atoms with van der Waals surface area (Å²) >= 11 is 2.11. The Labute approximate surface area is 104 Å². The van der Waals surface area contributed by atoms with E-state index in [9.17, 15) is 0 Å². The Balaban J connectivity index is 2.12. The van der Waals surface area contributed by atoms with Crippen LogP contribution in [-0.4, -0.2) is 40.6 Å². The molecule has 0 bridgehead atoms. The van der Waals surface area contributed by atoms with E-state index in [0.717, 1.165) is 17.8 Å². The Morgan fingerprint density at radius 1 is 1.44 bits per heavy atom. The van der Waals surface area contributed by atoms with Gasteiger partial charge in [0.05, 0.1) is 0 Å². The van der Waals surface area contributed by atoms with Crippen LogP contribution in [0.25, 0.3) is 0 Å². The molecule has 2 aliphatic rings. The maximum Gasteiger partial charge on any atom is 0.0435 e. The topological polar surface area (TPSA) is 29.3 Å². The lowest BCUT2D eigenvalue weighted by Crippen LogP contribution is -2.59. The van der Waals surface area contributed by atoms with Crippen LogP contribution in [0.1, 0.15) is 46.0 Å². The quantitative estimate of drug-likeness (QED) is 0.824. The number of nitrogens with two attached hydrogens (primary N) is 1. The van der Waals surface area contributed by atoms with Crippen LogP contribution in [0.4, 0.5) is 0 Å². The molecule has 0 saturated carbocycles. The summed E-state index contributed by atoms with van der Waals surface area (Å²) in [6.07, 6.45) is 6.76. The smallest absolute Gasteiger partial charge is 0.0435 e. The maximum atomic E-state index is 6.12. The van der Waals surface area contributed by atoms with Crippen molar-refractivity contribution < 1.29 is 0 Å². The summed E-state index contributed by atoms with van der Waals surface area (Å²) in [5.41, 5.74) is 6.45. The minimum absolute atomic E-state index is 0.325. The lowest BCUT2D eigenvalue weighted by molar-refractivity contribution is 0.0338. The predicted molar refractivity (Wildman–Crippen MR) is 73.0 cm³/mol. The van der Waals surface area contributed by atoms with Gasteiger partial charge in [0.2, 0.25) is 0 Å². The van der Waals surface area contributed by atoms with E-state index < -0.39 is 0 Å². The van der Waals surface area contributed by atoms with Gasteiger partial charge < -0.3 is 5.73 Å². The molecule has 2 nitrogen and oxygen atoms in total. The Morgan fingerprint density at radius 2 is 2.25 bits per heavy atom. The number of thioether (sulfide) groups is 1. The molecule has 16 heavy (non-hydrogen) atoms. The number of hydrogen-bond acceptors (Lipinski definition) is 3. The van der Waals surface area contributed by atoms with E-state index in [1.165, 1.54) is 44.4 Å². The van der Waals surface area contributed by atoms with Gasteiger partial charge in [-0.25, -0.2) is 0 Å². The van der Waals surface area contributed by atoms with Crippen LogP contribution < -0.4 is 5.73 Å². The molecule has 0 aromatic heterocycles. The third-order valence-electron chi connectivity index (χ3n) is 4.39. The highest BCUT2D eigenvalue weighted by atomic mass is 32.2. The normalized spacial score (nSPS) is 41.4. The zero-order valence-corrected chi connectivity index (χ0v) is 11.6. The molecule has 0 radical (unpaired) electrons. The number of likely N-dealkylation sites (tertiary alicyclic amines) is 1. The standard InChI is InChI=1S/C13H26N2S/c1-3-12-6-4-5-7-15(12)13(9-14)8-11(2)16-10-13/h11-12H,3-10,14H2,1-2H3. The zero-order valence-electron chi connectivity index (χ0n) is 10.7. The Hall–Kier alpha value is 0.270. The van der Waals surface area contributed by atoms with Crippen molar-refractivity contribution in [1.82, 2.24) is 4.90 Å². The highest BCUT2D eigenvalue weighted by molar-refractivity contribution is 8.00. The first-order valence-electron chi connectivity index (χ1n) is 6.80. The summed E-state index contributed by atoms with van der Waals surface area (Å²) in [5.74, 6) is 1.25. The molecule has 3 atom stereocenters. The van der Waals surface area contributed by atoms with E-state index >= 15 is 0 Å². The summed E-state index contributed by atoms with van der Waals surface area (Å²) in [5, 5.41) is 0.794. The second-order valence-electron chi connectivity index (χ2n) is 5.51. The molecule has 2 N–H and O–H groups in total. The zero-order chi connectivity index (χ0) is 11.6. The first-order valence-corrected chi connectivity index (χ1v) is 7.85. The first kappa shape index (κ1) is 12.7. The lowest BCUT2D eigenvalue weighted by Gasteiger charge is -2.47. The lowest BCUT2D eigenvalue weighted by atomic mass is 9.87. The molecule has 94 valence electrons. The van der Waals surface area contributed by atoms with Gasteiger partial charge >= 0.3 is 0 Å². The number of piperidine rings is 1. The number of rotatable bonds is 3. The molecule has 2 fully saturated rings. The van der Waals surface area contributed by atoms with E-state index in [2.05, 4.69) is 30.5 Å². The fourth-order valence-electron chi connectivity index (χ4n) is 3.46. The van der Waals surface area contributed by atoms with Crippen molar-refractivity contribution in [3.05, 3.63) is 0 Å². The maximum absolute atomic E-state index is 6.12. The van der Waals surface area contributed by atoms with E-state index in [1.54, 1.807) is 0 Å². The summed E-state index contributed by atoms with van der Waals surface area (Å²) in [6.45, 7) is 6.82. The van der Waals surface area contributed by atoms with Crippen LogP contribution in [0.3, 0.4) is 0 Å². The molecule has 0 aromatic rings. The van der Waals surface area contributed by atoms with Crippen LogP contribution in [0.2, 0.25) is 0 Å². The monoisotopic (exact) mass is 242 g/mol. The second kappa shape index (κ2) is 5.28. The van der Waals surface area contributed by atoms with Crippen molar-refractivity contribution in [2.75, 3.05) is 18.8 Å². The first-order chi connectivity index (χ1) is 7.72. The van der Waals surface area contributed by atoms with Crippen molar-refractivity contribution in [3.63, 3.8) is 0 Å². The second-order valence-corrected chi connectivity index (χ2v) is 6.93. The molecule has 0 aliphatic carbocycles. The van der Waals surface area contributed by atoms with Gasteiger partial charge in [0.15, 0.2) is 0 Å². The SMILES string of the molecule is CCC1CCCCN1C1(CN)CSC(C)C1. The van der Waals surface area contributed by atoms with Gasteiger partial charge in [-0.3, -0.25) is 4.90 Å². The molecule has 2 aliphatic heterocycles. The molecule has 2 saturated heterocycles. The molecule has 2 heterocycles. The van der Waals surface area contributed by atoms with Gasteiger partial charge in [0.1, 0.15) is 0 Å². The molecule has 0 aromatic carbocycles. The molecular formula is C13H26N2S. The van der Waals surface area contributed by atoms with Crippen LogP contribution in [0.5, 0.6) is 0 Å². The third kappa shape index (κ3) is 2.27. The van der Waals surface area contributed by atoms with Gasteiger partial charge in [0.25, 0.3) is 0 Å². The van der Waals surface area contributed by atoms with Gasteiger partial charge in [-0.15, -0.1) is 0 Å². The molecule has 0 spiro atoms. The Morgan fingerprint density at radius 3 is 2.81 bits per heavy atom. The van der Waals surface area contributed by atoms with E-state index in [-0.39, 0.29) is 0 Å². The molecule has 2 rings (SSSR count). The fourth-order valence-corrected chi connectivity index (χ4v) is 4.88. The fraction of sp³-hybridized carbons (Fsp3) is 1.00. The van der Waals surface area contributed by atoms with Crippen molar-refractivity contribution in [2.45, 2.75) is 62.8 Å². The largest absolute Gasteiger partial charge is 0.329 e. The minimum atomic E-state index is 0.325. The number of hydrogen-bond donors (Lipinski definition) is 1. The molecule has 3 unspecified atom stereocenters. The third-order valence-corrected chi connectivity index (χ3v) is 5.83. The summed E-state index contributed by atoms with van der Waals surface area (Å²) in [6, 6.07) is 0.795. The summed E-state index contributed by atoms with van der Waals surface area (Å²) in [7, 11) is 0. The summed E-state index contributed by atoms with van der Waals surface area (Å²) in [4.78, 5) is 2.77. The highest BCUT2D eigenvalue weighted by Gasteiger charge is 2.44. The van der Waals surface area contributed by atoms with Crippen LogP contribution in [0.15, 0.2) is 0 Å². The van der Waals surface area contributed by atoms with E-state index in [0.29, 0.717) is 5.54 Å². The van der Waals surface area contributed by atoms with Gasteiger partial charge in [-0.1, -0.05) is 20.3 Å². The van der Waals surface area contributed by atoms with Crippen molar-refractivity contribution in [3.8, 4) is 0 Å². The Kier molecular flexibility index (Phi) is 4.20. The van der Waals surface area contributed by atoms with Crippen LogP contribution in [0, 0.1) is 0 Å². The minimum Gasteiger partial charge on any atom is -0.329 e. The number of nitrogens with zero attached hydrogens (tertiary/aromatic N) is 1. The molecule has 0 amide bonds. The highest BCUT2D eigenvalue weighted by Crippen LogP contribution is 2.41. The predicted octanol–water partition coefficient (Wildman–Crippen LogP) is 2.47. The average Bonchev–Trinajstić information content (AvgIpc) is 2.72. The van der Waals surface area contributed by atoms with Gasteiger partial charge in [0, 0.05) is 29.1 Å². The van der Waals surface area contributed by atoms with E-state index in [1.807, 2.05) is 0 Å². The molecular weight excluding hydrogens is 216 g/mol. The average molecular weight is 242 g/mol. The van der Waals surface area contributed by atoms with Crippen LogP contribution in [-0.2, 0) is 0 Å². The van der Waals surface area contributed by atoms with Gasteiger partial charge in [-0.2, -0.15) is 11.8 Å². The van der Waals surface area contributed by atoms with Crippen molar-refractivity contribution >= 4 is 11.8 Å². The molecule has 3 heteroatoms. The summed E-state index contributed by atoms with van der Waals surface area (Å²) < 4.78 is 0. The van der Waals surface area contributed by atoms with Crippen molar-refractivity contribution in [2.24, 2.45) is 5.73 Å². The Bertz CT molecular complexity index is 234. The van der Waals surface area contributed by atoms with Crippen LogP contribution >= 0.6 is 11.8 Å².